The van der Waals surface area contributed by atoms with Gasteiger partial charge >= 0.3 is 0 Å². The Morgan fingerprint density at radius 1 is 1.35 bits per heavy atom. The lowest BCUT2D eigenvalue weighted by Gasteiger charge is -2.36. The van der Waals surface area contributed by atoms with Crippen LogP contribution in [0.3, 0.4) is 0 Å². The normalized spacial score (nSPS) is 25.1. The molecule has 1 saturated heterocycles. The second kappa shape index (κ2) is 6.31. The molecule has 1 aromatic rings. The minimum absolute atomic E-state index is 0.141. The van der Waals surface area contributed by atoms with E-state index in [9.17, 15) is 0 Å². The lowest BCUT2D eigenvalue weighted by Crippen LogP contribution is -2.40. The number of likely N-dealkylation sites (tertiary alicyclic amines) is 1. The number of hydrogen-bond donors (Lipinski definition) is 1. The monoisotopic (exact) mass is 278 g/mol. The highest BCUT2D eigenvalue weighted by Gasteiger charge is 2.24. The Hall–Kier alpha value is -0.800. The quantitative estimate of drug-likeness (QED) is 0.908. The molecule has 0 bridgehead atoms. The molecule has 20 heavy (non-hydrogen) atoms. The molecule has 1 fully saturated rings. The van der Waals surface area contributed by atoms with Crippen LogP contribution in [0.2, 0.25) is 0 Å². The van der Waals surface area contributed by atoms with Crippen LogP contribution in [-0.2, 0) is 13.1 Å². The third-order valence-electron chi connectivity index (χ3n) is 4.27. The average Bonchev–Trinajstić information content (AvgIpc) is 2.77. The van der Waals surface area contributed by atoms with Crippen LogP contribution in [-0.4, -0.2) is 23.0 Å². The van der Waals surface area contributed by atoms with Gasteiger partial charge in [-0.25, -0.2) is 0 Å². The van der Waals surface area contributed by atoms with Crippen molar-refractivity contribution < 1.29 is 4.42 Å². The van der Waals surface area contributed by atoms with Crippen molar-refractivity contribution in [3.63, 3.8) is 0 Å². The molecule has 0 aromatic carbocycles. The summed E-state index contributed by atoms with van der Waals surface area (Å²) in [5, 5.41) is 3.54. The fraction of sp³-hybridized carbons (Fsp3) is 0.765. The minimum atomic E-state index is 0.141. The van der Waals surface area contributed by atoms with Crippen molar-refractivity contribution in [2.45, 2.75) is 72.1 Å². The molecule has 0 radical (unpaired) electrons. The topological polar surface area (TPSA) is 28.4 Å². The first-order valence-electron chi connectivity index (χ1n) is 7.89. The molecule has 0 saturated carbocycles. The van der Waals surface area contributed by atoms with E-state index in [4.69, 9.17) is 4.42 Å². The molecule has 114 valence electrons. The fourth-order valence-electron chi connectivity index (χ4n) is 2.90. The van der Waals surface area contributed by atoms with Crippen LogP contribution >= 0.6 is 0 Å². The summed E-state index contributed by atoms with van der Waals surface area (Å²) < 4.78 is 5.73. The van der Waals surface area contributed by atoms with Gasteiger partial charge in [0.25, 0.3) is 0 Å². The molecule has 3 nitrogen and oxygen atoms in total. The third kappa shape index (κ3) is 4.35. The highest BCUT2D eigenvalue weighted by Crippen LogP contribution is 2.25. The van der Waals surface area contributed by atoms with Crippen LogP contribution in [0.5, 0.6) is 0 Å². The smallest absolute Gasteiger partial charge is 0.122 e. The first-order chi connectivity index (χ1) is 9.35. The van der Waals surface area contributed by atoms with E-state index in [-0.39, 0.29) is 5.54 Å². The third-order valence-corrected chi connectivity index (χ3v) is 4.27. The van der Waals surface area contributed by atoms with E-state index in [0.29, 0.717) is 6.04 Å². The molecule has 1 N–H and O–H groups in total. The van der Waals surface area contributed by atoms with E-state index in [2.05, 4.69) is 50.9 Å². The van der Waals surface area contributed by atoms with Gasteiger partial charge in [0.05, 0.1) is 12.8 Å². The number of nitrogens with zero attached hydrogens (tertiary/aromatic N) is 1. The molecule has 1 aliphatic heterocycles. The second-order valence-corrected chi connectivity index (χ2v) is 7.42. The van der Waals surface area contributed by atoms with Crippen molar-refractivity contribution in [2.75, 3.05) is 6.54 Å². The van der Waals surface area contributed by atoms with Gasteiger partial charge in [-0.2, -0.15) is 0 Å². The predicted octanol–water partition coefficient (Wildman–Crippen LogP) is 3.79. The standard InChI is InChI=1S/C17H30N2O/c1-13-6-8-19(14(2)10-13)12-16-15(7-9-20-16)11-18-17(3,4)5/h7,9,13-14,18H,6,8,10-12H2,1-5H3. The number of piperidine rings is 1. The molecule has 0 spiro atoms. The van der Waals surface area contributed by atoms with Crippen molar-refractivity contribution in [1.29, 1.82) is 0 Å². The van der Waals surface area contributed by atoms with Crippen LogP contribution in [0.25, 0.3) is 0 Å². The van der Waals surface area contributed by atoms with Gasteiger partial charge in [-0.05, 0) is 59.1 Å². The van der Waals surface area contributed by atoms with Crippen LogP contribution in [0.15, 0.2) is 16.7 Å². The lowest BCUT2D eigenvalue weighted by molar-refractivity contribution is 0.113. The maximum absolute atomic E-state index is 5.73. The lowest BCUT2D eigenvalue weighted by atomic mass is 9.93. The molecule has 1 aliphatic rings. The molecule has 2 atom stereocenters. The number of furan rings is 1. The van der Waals surface area contributed by atoms with Crippen LogP contribution in [0.1, 0.15) is 58.8 Å². The Bertz CT molecular complexity index is 419. The number of rotatable bonds is 4. The zero-order chi connectivity index (χ0) is 14.8. The predicted molar refractivity (Wildman–Crippen MR) is 83.6 cm³/mol. The molecule has 0 aliphatic carbocycles. The summed E-state index contributed by atoms with van der Waals surface area (Å²) in [5.74, 6) is 1.99. The van der Waals surface area contributed by atoms with E-state index in [0.717, 1.165) is 24.8 Å². The summed E-state index contributed by atoms with van der Waals surface area (Å²) in [6.07, 6.45) is 4.43. The van der Waals surface area contributed by atoms with Crippen molar-refractivity contribution in [3.05, 3.63) is 23.7 Å². The number of nitrogens with one attached hydrogen (secondary N) is 1. The van der Waals surface area contributed by atoms with Gasteiger partial charge in [-0.3, -0.25) is 4.90 Å². The van der Waals surface area contributed by atoms with Crippen LogP contribution in [0, 0.1) is 5.92 Å². The van der Waals surface area contributed by atoms with Crippen LogP contribution in [0.4, 0.5) is 0 Å². The fourth-order valence-corrected chi connectivity index (χ4v) is 2.90. The van der Waals surface area contributed by atoms with Gasteiger partial charge < -0.3 is 9.73 Å². The molecular formula is C17H30N2O. The SMILES string of the molecule is CC1CCN(Cc2occc2CNC(C)(C)C)C(C)C1. The highest BCUT2D eigenvalue weighted by atomic mass is 16.3. The van der Waals surface area contributed by atoms with Crippen molar-refractivity contribution >= 4 is 0 Å². The Labute approximate surface area is 123 Å². The zero-order valence-corrected chi connectivity index (χ0v) is 13.7. The Morgan fingerprint density at radius 3 is 2.75 bits per heavy atom. The molecule has 1 aromatic heterocycles. The molecule has 2 rings (SSSR count). The Morgan fingerprint density at radius 2 is 2.10 bits per heavy atom. The van der Waals surface area contributed by atoms with Crippen LogP contribution < -0.4 is 5.32 Å². The summed E-state index contributed by atoms with van der Waals surface area (Å²) in [7, 11) is 0. The van der Waals surface area contributed by atoms with Gasteiger partial charge in [0.1, 0.15) is 5.76 Å². The van der Waals surface area contributed by atoms with Gasteiger partial charge in [-0.1, -0.05) is 6.92 Å². The molecule has 2 heterocycles. The van der Waals surface area contributed by atoms with E-state index >= 15 is 0 Å². The van der Waals surface area contributed by atoms with E-state index in [1.165, 1.54) is 24.9 Å². The summed E-state index contributed by atoms with van der Waals surface area (Å²) >= 11 is 0. The molecule has 0 amide bonds. The number of hydrogen-bond acceptors (Lipinski definition) is 3. The minimum Gasteiger partial charge on any atom is -0.468 e. The molecule has 3 heteroatoms. The molecular weight excluding hydrogens is 248 g/mol. The average molecular weight is 278 g/mol. The first kappa shape index (κ1) is 15.6. The first-order valence-corrected chi connectivity index (χ1v) is 7.89. The zero-order valence-electron chi connectivity index (χ0n) is 13.7. The van der Waals surface area contributed by atoms with Gasteiger partial charge in [-0.15, -0.1) is 0 Å². The van der Waals surface area contributed by atoms with Crippen molar-refractivity contribution in [3.8, 4) is 0 Å². The van der Waals surface area contributed by atoms with E-state index < -0.39 is 0 Å². The summed E-state index contributed by atoms with van der Waals surface area (Å²) in [5.41, 5.74) is 1.44. The van der Waals surface area contributed by atoms with E-state index in [1.807, 2.05) is 6.26 Å². The summed E-state index contributed by atoms with van der Waals surface area (Å²) in [4.78, 5) is 2.55. The van der Waals surface area contributed by atoms with Gasteiger partial charge in [0.2, 0.25) is 0 Å². The largest absolute Gasteiger partial charge is 0.468 e. The van der Waals surface area contributed by atoms with E-state index in [1.54, 1.807) is 0 Å². The second-order valence-electron chi connectivity index (χ2n) is 7.42. The molecule has 2 unspecified atom stereocenters. The summed E-state index contributed by atoms with van der Waals surface area (Å²) in [6.45, 7) is 14.3. The maximum atomic E-state index is 5.73. The Kier molecular flexibility index (Phi) is 4.92. The van der Waals surface area contributed by atoms with Gasteiger partial charge in [0.15, 0.2) is 0 Å². The van der Waals surface area contributed by atoms with Crippen molar-refractivity contribution in [2.24, 2.45) is 5.92 Å². The Balaban J connectivity index is 1.95. The highest BCUT2D eigenvalue weighted by molar-refractivity contribution is 5.17. The maximum Gasteiger partial charge on any atom is 0.122 e. The summed E-state index contributed by atoms with van der Waals surface area (Å²) in [6, 6.07) is 2.76. The van der Waals surface area contributed by atoms with Gasteiger partial charge in [0, 0.05) is 23.7 Å². The van der Waals surface area contributed by atoms with Crippen molar-refractivity contribution in [1.82, 2.24) is 10.2 Å².